The van der Waals surface area contributed by atoms with Crippen molar-refractivity contribution < 1.29 is 5.11 Å². The highest BCUT2D eigenvalue weighted by molar-refractivity contribution is 5.16. The van der Waals surface area contributed by atoms with Crippen LogP contribution < -0.4 is 0 Å². The van der Waals surface area contributed by atoms with Gasteiger partial charge in [-0.2, -0.15) is 0 Å². The summed E-state index contributed by atoms with van der Waals surface area (Å²) in [5.41, 5.74) is 1.02. The van der Waals surface area contributed by atoms with Crippen LogP contribution >= 0.6 is 0 Å². The second-order valence-corrected chi connectivity index (χ2v) is 3.87. The van der Waals surface area contributed by atoms with E-state index in [9.17, 15) is 5.11 Å². The Morgan fingerprint density at radius 2 is 1.86 bits per heavy atom. The molecule has 0 bridgehead atoms. The molecule has 0 aliphatic carbocycles. The van der Waals surface area contributed by atoms with Gasteiger partial charge in [-0.25, -0.2) is 0 Å². The molecule has 78 valence electrons. The Labute approximate surface area is 86.2 Å². The Hall–Kier alpha value is -0.860. The first kappa shape index (κ1) is 11.2. The lowest BCUT2D eigenvalue weighted by Gasteiger charge is -2.13. The third-order valence-corrected chi connectivity index (χ3v) is 2.27. The van der Waals surface area contributed by atoms with Gasteiger partial charge < -0.3 is 10.0 Å². The quantitative estimate of drug-likeness (QED) is 0.773. The molecule has 0 heterocycles. The van der Waals surface area contributed by atoms with Gasteiger partial charge in [0.1, 0.15) is 0 Å². The number of hydrogen-bond donors (Lipinski definition) is 1. The van der Waals surface area contributed by atoms with E-state index in [-0.39, 0.29) is 6.10 Å². The third kappa shape index (κ3) is 3.90. The molecule has 2 heteroatoms. The lowest BCUT2D eigenvalue weighted by molar-refractivity contribution is 0.160. The fourth-order valence-corrected chi connectivity index (χ4v) is 1.44. The molecule has 14 heavy (non-hydrogen) atoms. The fraction of sp³-hybridized carbons (Fsp3) is 0.500. The Morgan fingerprint density at radius 3 is 2.43 bits per heavy atom. The number of nitrogens with zero attached hydrogens (tertiary/aromatic N) is 1. The monoisotopic (exact) mass is 193 g/mol. The zero-order valence-corrected chi connectivity index (χ0v) is 8.98. The number of aliphatic hydroxyl groups is 1. The van der Waals surface area contributed by atoms with Gasteiger partial charge in [-0.05, 0) is 39.0 Å². The van der Waals surface area contributed by atoms with Crippen LogP contribution in [0.2, 0.25) is 0 Å². The summed E-state index contributed by atoms with van der Waals surface area (Å²) in [7, 11) is 4.10. The molecule has 0 aliphatic heterocycles. The molecule has 0 unspecified atom stereocenters. The SMILES string of the molecule is CN(C)CCC[C@@H](O)c1ccccc1. The maximum absolute atomic E-state index is 9.81. The predicted octanol–water partition coefficient (Wildman–Crippen LogP) is 2.06. The Bertz CT molecular complexity index is 246. The van der Waals surface area contributed by atoms with Crippen LogP contribution in [0.1, 0.15) is 24.5 Å². The van der Waals surface area contributed by atoms with Crippen LogP contribution in [0, 0.1) is 0 Å². The van der Waals surface area contributed by atoms with Gasteiger partial charge in [-0.15, -0.1) is 0 Å². The van der Waals surface area contributed by atoms with Gasteiger partial charge >= 0.3 is 0 Å². The average Bonchev–Trinajstić information content (AvgIpc) is 2.18. The second-order valence-electron chi connectivity index (χ2n) is 3.87. The van der Waals surface area contributed by atoms with E-state index >= 15 is 0 Å². The molecule has 0 spiro atoms. The van der Waals surface area contributed by atoms with Crippen molar-refractivity contribution in [1.82, 2.24) is 4.90 Å². The van der Waals surface area contributed by atoms with Crippen molar-refractivity contribution in [3.8, 4) is 0 Å². The van der Waals surface area contributed by atoms with Crippen LogP contribution in [0.15, 0.2) is 30.3 Å². The van der Waals surface area contributed by atoms with Gasteiger partial charge in [0.25, 0.3) is 0 Å². The van der Waals surface area contributed by atoms with Crippen molar-refractivity contribution >= 4 is 0 Å². The van der Waals surface area contributed by atoms with Crippen LogP contribution in [0.25, 0.3) is 0 Å². The van der Waals surface area contributed by atoms with Crippen molar-refractivity contribution in [2.45, 2.75) is 18.9 Å². The van der Waals surface area contributed by atoms with Gasteiger partial charge in [0, 0.05) is 0 Å². The Balaban J connectivity index is 2.32. The minimum Gasteiger partial charge on any atom is -0.388 e. The molecule has 0 saturated heterocycles. The molecular weight excluding hydrogens is 174 g/mol. The molecule has 1 atom stereocenters. The summed E-state index contributed by atoms with van der Waals surface area (Å²) in [6, 6.07) is 9.84. The van der Waals surface area contributed by atoms with Crippen molar-refractivity contribution in [1.29, 1.82) is 0 Å². The van der Waals surface area contributed by atoms with E-state index in [1.54, 1.807) is 0 Å². The molecular formula is C12H19NO. The van der Waals surface area contributed by atoms with Crippen molar-refractivity contribution in [2.75, 3.05) is 20.6 Å². The van der Waals surface area contributed by atoms with Gasteiger partial charge in [0.2, 0.25) is 0 Å². The summed E-state index contributed by atoms with van der Waals surface area (Å²) in [6.45, 7) is 1.03. The summed E-state index contributed by atoms with van der Waals surface area (Å²) >= 11 is 0. The van der Waals surface area contributed by atoms with E-state index in [1.807, 2.05) is 30.3 Å². The molecule has 0 amide bonds. The topological polar surface area (TPSA) is 23.5 Å². The third-order valence-electron chi connectivity index (χ3n) is 2.27. The van der Waals surface area contributed by atoms with Crippen molar-refractivity contribution in [2.24, 2.45) is 0 Å². The number of rotatable bonds is 5. The summed E-state index contributed by atoms with van der Waals surface area (Å²) in [4.78, 5) is 2.14. The second kappa shape index (κ2) is 5.78. The summed E-state index contributed by atoms with van der Waals surface area (Å²) in [6.07, 6.45) is 1.56. The molecule has 0 saturated carbocycles. The molecule has 1 rings (SSSR count). The van der Waals surface area contributed by atoms with E-state index in [0.29, 0.717) is 0 Å². The molecule has 0 aliphatic rings. The van der Waals surface area contributed by atoms with E-state index in [2.05, 4.69) is 19.0 Å². The molecule has 0 radical (unpaired) electrons. The molecule has 1 N–H and O–H groups in total. The van der Waals surface area contributed by atoms with Gasteiger partial charge in [-0.1, -0.05) is 30.3 Å². The molecule has 1 aromatic rings. The zero-order valence-electron chi connectivity index (χ0n) is 8.98. The summed E-state index contributed by atoms with van der Waals surface area (Å²) in [5, 5.41) is 9.81. The van der Waals surface area contributed by atoms with Crippen LogP contribution in [-0.4, -0.2) is 30.6 Å². The Morgan fingerprint density at radius 1 is 1.21 bits per heavy atom. The van der Waals surface area contributed by atoms with Crippen LogP contribution in [0.3, 0.4) is 0 Å². The normalized spacial score (nSPS) is 13.1. The Kier molecular flexibility index (Phi) is 4.63. The highest BCUT2D eigenvalue weighted by atomic mass is 16.3. The predicted molar refractivity (Wildman–Crippen MR) is 59.2 cm³/mol. The lowest BCUT2D eigenvalue weighted by Crippen LogP contribution is -2.13. The lowest BCUT2D eigenvalue weighted by atomic mass is 10.1. The number of benzene rings is 1. The van der Waals surface area contributed by atoms with Gasteiger partial charge in [-0.3, -0.25) is 0 Å². The first-order valence-electron chi connectivity index (χ1n) is 5.08. The molecule has 1 aromatic carbocycles. The van der Waals surface area contributed by atoms with Crippen molar-refractivity contribution in [3.05, 3.63) is 35.9 Å². The first-order chi connectivity index (χ1) is 6.70. The molecule has 0 aromatic heterocycles. The van der Waals surface area contributed by atoms with Gasteiger partial charge in [0.05, 0.1) is 6.10 Å². The maximum Gasteiger partial charge on any atom is 0.0790 e. The molecule has 2 nitrogen and oxygen atoms in total. The molecule has 0 fully saturated rings. The van der Waals surface area contributed by atoms with Gasteiger partial charge in [0.15, 0.2) is 0 Å². The smallest absolute Gasteiger partial charge is 0.0790 e. The van der Waals surface area contributed by atoms with Crippen molar-refractivity contribution in [3.63, 3.8) is 0 Å². The number of aliphatic hydroxyl groups excluding tert-OH is 1. The minimum absolute atomic E-state index is 0.309. The standard InChI is InChI=1S/C12H19NO/c1-13(2)10-6-9-12(14)11-7-4-3-5-8-11/h3-5,7-8,12,14H,6,9-10H2,1-2H3/t12-/m1/s1. The first-order valence-corrected chi connectivity index (χ1v) is 5.08. The zero-order chi connectivity index (χ0) is 10.4. The minimum atomic E-state index is -0.309. The van der Waals surface area contributed by atoms with Crippen LogP contribution in [0.5, 0.6) is 0 Å². The van der Waals surface area contributed by atoms with E-state index in [1.165, 1.54) is 0 Å². The van der Waals surface area contributed by atoms with E-state index < -0.39 is 0 Å². The highest BCUT2D eigenvalue weighted by Crippen LogP contribution is 2.17. The largest absolute Gasteiger partial charge is 0.388 e. The maximum atomic E-state index is 9.81. The summed E-state index contributed by atoms with van der Waals surface area (Å²) in [5.74, 6) is 0. The van der Waals surface area contributed by atoms with E-state index in [4.69, 9.17) is 0 Å². The number of hydrogen-bond acceptors (Lipinski definition) is 2. The average molecular weight is 193 g/mol. The summed E-state index contributed by atoms with van der Waals surface area (Å²) < 4.78 is 0. The van der Waals surface area contributed by atoms with E-state index in [0.717, 1.165) is 24.9 Å². The van der Waals surface area contributed by atoms with Crippen LogP contribution in [-0.2, 0) is 0 Å². The fourth-order valence-electron chi connectivity index (χ4n) is 1.44. The highest BCUT2D eigenvalue weighted by Gasteiger charge is 2.05. The van der Waals surface area contributed by atoms with Crippen LogP contribution in [0.4, 0.5) is 0 Å².